The van der Waals surface area contributed by atoms with Gasteiger partial charge in [0.2, 0.25) is 11.8 Å². The quantitative estimate of drug-likeness (QED) is 0.840. The summed E-state index contributed by atoms with van der Waals surface area (Å²) in [5, 5.41) is 9.07. The van der Waals surface area contributed by atoms with E-state index in [0.717, 1.165) is 5.56 Å². The van der Waals surface area contributed by atoms with Gasteiger partial charge in [0.1, 0.15) is 12.6 Å². The van der Waals surface area contributed by atoms with Gasteiger partial charge < -0.3 is 14.9 Å². The molecule has 1 aromatic rings. The van der Waals surface area contributed by atoms with Crippen molar-refractivity contribution in [3.63, 3.8) is 0 Å². The van der Waals surface area contributed by atoms with Crippen molar-refractivity contribution >= 4 is 29.5 Å². The van der Waals surface area contributed by atoms with Crippen LogP contribution in [0, 0.1) is 0 Å². The number of hydrogen-bond acceptors (Lipinski definition) is 4. The van der Waals surface area contributed by atoms with Gasteiger partial charge in [0.05, 0.1) is 5.88 Å². The maximum atomic E-state index is 12.7. The summed E-state index contributed by atoms with van der Waals surface area (Å²) in [5.74, 6) is -0.507. The van der Waals surface area contributed by atoms with Crippen molar-refractivity contribution in [2.45, 2.75) is 19.4 Å². The summed E-state index contributed by atoms with van der Waals surface area (Å²) < 4.78 is 0. The highest BCUT2D eigenvalue weighted by Crippen LogP contribution is 2.22. The zero-order valence-corrected chi connectivity index (χ0v) is 13.8. The number of carbonyl (C=O) groups excluding carboxylic acids is 2. The molecule has 1 aliphatic heterocycles. The summed E-state index contributed by atoms with van der Waals surface area (Å²) in [7, 11) is 0. The fourth-order valence-corrected chi connectivity index (χ4v) is 3.72. The van der Waals surface area contributed by atoms with E-state index in [2.05, 4.69) is 0 Å². The molecule has 2 amide bonds. The highest BCUT2D eigenvalue weighted by Gasteiger charge is 2.36. The molecule has 23 heavy (non-hydrogen) atoms. The smallest absolute Gasteiger partial charge is 0.323 e. The standard InChI is InChI=1S/C16H20N2O4S/c1-12(19)18-11-23-10-14(18)16(22)17(9-15(20)21)8-7-13-5-3-2-4-6-13/h2-6,14H,7-11H2,1H3,(H,20,21)/t14-/m1/s1. The van der Waals surface area contributed by atoms with Gasteiger partial charge in [-0.1, -0.05) is 30.3 Å². The molecule has 1 aromatic carbocycles. The van der Waals surface area contributed by atoms with Crippen LogP contribution >= 0.6 is 11.8 Å². The van der Waals surface area contributed by atoms with Crippen molar-refractivity contribution in [2.75, 3.05) is 24.7 Å². The number of hydrogen-bond donors (Lipinski definition) is 1. The predicted molar refractivity (Wildman–Crippen MR) is 88.0 cm³/mol. The molecule has 0 aliphatic carbocycles. The van der Waals surface area contributed by atoms with Crippen molar-refractivity contribution in [2.24, 2.45) is 0 Å². The summed E-state index contributed by atoms with van der Waals surface area (Å²) in [6.07, 6.45) is 0.583. The summed E-state index contributed by atoms with van der Waals surface area (Å²) in [5.41, 5.74) is 1.04. The zero-order chi connectivity index (χ0) is 16.8. The van der Waals surface area contributed by atoms with E-state index in [1.807, 2.05) is 30.3 Å². The second-order valence-electron chi connectivity index (χ2n) is 5.39. The van der Waals surface area contributed by atoms with Crippen LogP contribution in [0.25, 0.3) is 0 Å². The number of carboxylic acids is 1. The molecule has 0 radical (unpaired) electrons. The van der Waals surface area contributed by atoms with Crippen molar-refractivity contribution < 1.29 is 19.5 Å². The van der Waals surface area contributed by atoms with Crippen LogP contribution in [0.15, 0.2) is 30.3 Å². The summed E-state index contributed by atoms with van der Waals surface area (Å²) in [6, 6.07) is 9.04. The van der Waals surface area contributed by atoms with Gasteiger partial charge in [0, 0.05) is 19.2 Å². The maximum absolute atomic E-state index is 12.7. The minimum absolute atomic E-state index is 0.160. The summed E-state index contributed by atoms with van der Waals surface area (Å²) >= 11 is 1.51. The first-order chi connectivity index (χ1) is 11.0. The van der Waals surface area contributed by atoms with Gasteiger partial charge in [0.25, 0.3) is 0 Å². The topological polar surface area (TPSA) is 77.9 Å². The molecular weight excluding hydrogens is 316 g/mol. The fourth-order valence-electron chi connectivity index (χ4n) is 2.51. The summed E-state index contributed by atoms with van der Waals surface area (Å²) in [6.45, 7) is 1.40. The first-order valence-corrected chi connectivity index (χ1v) is 8.54. The van der Waals surface area contributed by atoms with Crippen LogP contribution in [0.4, 0.5) is 0 Å². The van der Waals surface area contributed by atoms with Gasteiger partial charge in [-0.2, -0.15) is 0 Å². The monoisotopic (exact) mass is 336 g/mol. The Bertz CT molecular complexity index is 579. The Balaban J connectivity index is 2.06. The number of aliphatic carboxylic acids is 1. The first-order valence-electron chi connectivity index (χ1n) is 7.38. The Labute approximate surface area is 139 Å². The average Bonchev–Trinajstić information content (AvgIpc) is 3.01. The highest BCUT2D eigenvalue weighted by molar-refractivity contribution is 7.99. The molecule has 1 heterocycles. The van der Waals surface area contributed by atoms with Gasteiger partial charge in [-0.05, 0) is 12.0 Å². The third-order valence-corrected chi connectivity index (χ3v) is 4.74. The van der Waals surface area contributed by atoms with E-state index in [-0.39, 0.29) is 18.4 Å². The molecular formula is C16H20N2O4S. The third-order valence-electron chi connectivity index (χ3n) is 3.72. The second kappa shape index (κ2) is 8.01. The number of thioether (sulfide) groups is 1. The molecule has 7 heteroatoms. The van der Waals surface area contributed by atoms with Crippen LogP contribution in [0.3, 0.4) is 0 Å². The van der Waals surface area contributed by atoms with Gasteiger partial charge in [-0.25, -0.2) is 0 Å². The summed E-state index contributed by atoms with van der Waals surface area (Å²) in [4.78, 5) is 38.2. The van der Waals surface area contributed by atoms with E-state index < -0.39 is 12.0 Å². The molecule has 6 nitrogen and oxygen atoms in total. The molecule has 1 fully saturated rings. The Morgan fingerprint density at radius 1 is 1.30 bits per heavy atom. The van der Waals surface area contributed by atoms with E-state index in [1.54, 1.807) is 0 Å². The van der Waals surface area contributed by atoms with Gasteiger partial charge in [-0.15, -0.1) is 11.8 Å². The molecule has 1 atom stereocenters. The number of nitrogens with zero attached hydrogens (tertiary/aromatic N) is 2. The Morgan fingerprint density at radius 2 is 2.00 bits per heavy atom. The van der Waals surface area contributed by atoms with E-state index in [4.69, 9.17) is 5.11 Å². The van der Waals surface area contributed by atoms with Crippen LogP contribution in [0.5, 0.6) is 0 Å². The molecule has 1 N–H and O–H groups in total. The van der Waals surface area contributed by atoms with Gasteiger partial charge in [0.15, 0.2) is 0 Å². The molecule has 2 rings (SSSR count). The lowest BCUT2D eigenvalue weighted by Gasteiger charge is -2.28. The van der Waals surface area contributed by atoms with Crippen LogP contribution in [0.1, 0.15) is 12.5 Å². The van der Waals surface area contributed by atoms with E-state index in [0.29, 0.717) is 24.6 Å². The number of carbonyl (C=O) groups is 3. The first kappa shape index (κ1) is 17.3. The van der Waals surface area contributed by atoms with Crippen molar-refractivity contribution in [1.82, 2.24) is 9.80 Å². The van der Waals surface area contributed by atoms with Crippen LogP contribution in [-0.4, -0.2) is 63.5 Å². The SMILES string of the molecule is CC(=O)N1CSC[C@@H]1C(=O)N(CCc1ccccc1)CC(=O)O. The average molecular weight is 336 g/mol. The Morgan fingerprint density at radius 3 is 2.61 bits per heavy atom. The van der Waals surface area contributed by atoms with Gasteiger partial charge >= 0.3 is 5.97 Å². The molecule has 0 bridgehead atoms. The molecule has 0 saturated carbocycles. The second-order valence-corrected chi connectivity index (χ2v) is 6.39. The normalized spacial score (nSPS) is 17.1. The van der Waals surface area contributed by atoms with E-state index >= 15 is 0 Å². The van der Waals surface area contributed by atoms with Crippen LogP contribution in [-0.2, 0) is 20.8 Å². The zero-order valence-electron chi connectivity index (χ0n) is 13.0. The fraction of sp³-hybridized carbons (Fsp3) is 0.438. The lowest BCUT2D eigenvalue weighted by Crippen LogP contribution is -2.50. The number of carboxylic acid groups (broad SMARTS) is 1. The number of amides is 2. The molecule has 0 aromatic heterocycles. The maximum Gasteiger partial charge on any atom is 0.323 e. The Kier molecular flexibility index (Phi) is 6.04. The molecule has 1 saturated heterocycles. The van der Waals surface area contributed by atoms with E-state index in [9.17, 15) is 14.4 Å². The van der Waals surface area contributed by atoms with Crippen LogP contribution < -0.4 is 0 Å². The van der Waals surface area contributed by atoms with E-state index in [1.165, 1.54) is 28.5 Å². The predicted octanol–water partition coefficient (Wildman–Crippen LogP) is 1.06. The lowest BCUT2D eigenvalue weighted by atomic mass is 10.1. The Hall–Kier alpha value is -2.02. The third kappa shape index (κ3) is 4.72. The number of benzene rings is 1. The molecule has 1 aliphatic rings. The lowest BCUT2D eigenvalue weighted by molar-refractivity contribution is -0.148. The molecule has 0 unspecified atom stereocenters. The molecule has 0 spiro atoms. The van der Waals surface area contributed by atoms with Crippen molar-refractivity contribution in [3.8, 4) is 0 Å². The van der Waals surface area contributed by atoms with Crippen molar-refractivity contribution in [1.29, 1.82) is 0 Å². The largest absolute Gasteiger partial charge is 0.480 e. The van der Waals surface area contributed by atoms with Gasteiger partial charge in [-0.3, -0.25) is 14.4 Å². The minimum Gasteiger partial charge on any atom is -0.480 e. The van der Waals surface area contributed by atoms with Crippen molar-refractivity contribution in [3.05, 3.63) is 35.9 Å². The van der Waals surface area contributed by atoms with Crippen LogP contribution in [0.2, 0.25) is 0 Å². The minimum atomic E-state index is -1.05. The number of rotatable bonds is 6. The molecule has 124 valence electrons. The highest BCUT2D eigenvalue weighted by atomic mass is 32.2.